The molecule has 4 rings (SSSR count). The molecule has 2 N–H and O–H groups in total. The maximum atomic E-state index is 5.45. The summed E-state index contributed by atoms with van der Waals surface area (Å²) in [6.45, 7) is 2.65. The van der Waals surface area contributed by atoms with E-state index < -0.39 is 0 Å². The van der Waals surface area contributed by atoms with Crippen molar-refractivity contribution in [2.24, 2.45) is 5.10 Å². The number of halogens is 1. The van der Waals surface area contributed by atoms with Gasteiger partial charge in [0.05, 0.1) is 33.6 Å². The normalized spacial score (nSPS) is 13.7. The van der Waals surface area contributed by atoms with E-state index in [9.17, 15) is 0 Å². The predicted octanol–water partition coefficient (Wildman–Crippen LogP) is 3.68. The Morgan fingerprint density at radius 2 is 1.85 bits per heavy atom. The Hall–Kier alpha value is -3.44. The van der Waals surface area contributed by atoms with Crippen molar-refractivity contribution in [2.75, 3.05) is 56.2 Å². The van der Waals surface area contributed by atoms with Crippen LogP contribution in [0.2, 0.25) is 0 Å². The van der Waals surface area contributed by atoms with Crippen molar-refractivity contribution < 1.29 is 14.2 Å². The van der Waals surface area contributed by atoms with Crippen LogP contribution in [0.25, 0.3) is 0 Å². The highest BCUT2D eigenvalue weighted by Gasteiger charge is 2.17. The van der Waals surface area contributed by atoms with Crippen molar-refractivity contribution in [3.8, 4) is 11.5 Å². The molecule has 0 bridgehead atoms. The van der Waals surface area contributed by atoms with Gasteiger partial charge in [-0.15, -0.1) is 0 Å². The minimum absolute atomic E-state index is 0.313. The molecule has 0 spiro atoms. The first-order chi connectivity index (χ1) is 16.1. The number of anilines is 4. The number of ether oxygens (including phenoxy) is 3. The summed E-state index contributed by atoms with van der Waals surface area (Å²) in [6, 6.07) is 13.2. The lowest BCUT2D eigenvalue weighted by Gasteiger charge is -2.27. The number of aromatic nitrogens is 3. The van der Waals surface area contributed by atoms with Crippen molar-refractivity contribution in [1.82, 2.24) is 15.0 Å². The van der Waals surface area contributed by atoms with Crippen molar-refractivity contribution in [2.45, 2.75) is 0 Å². The van der Waals surface area contributed by atoms with Gasteiger partial charge in [0.25, 0.3) is 0 Å². The molecule has 3 aromatic rings. The molecule has 0 amide bonds. The molecule has 0 saturated carbocycles. The summed E-state index contributed by atoms with van der Waals surface area (Å²) in [5, 5.41) is 7.53. The SMILES string of the molecule is COc1ccc(C=NNc2nc(Nc3cccc(Br)c3)nc(N3CCOCC3)n2)c(OC)c1. The Bertz CT molecular complexity index is 1120. The lowest BCUT2D eigenvalue weighted by Crippen LogP contribution is -2.37. The molecule has 0 atom stereocenters. The quantitative estimate of drug-likeness (QED) is 0.344. The summed E-state index contributed by atoms with van der Waals surface area (Å²) in [4.78, 5) is 15.7. The molecule has 1 aromatic heterocycles. The third kappa shape index (κ3) is 6.08. The van der Waals surface area contributed by atoms with Gasteiger partial charge in [0.2, 0.25) is 17.8 Å². The average molecular weight is 514 g/mol. The van der Waals surface area contributed by atoms with E-state index in [1.165, 1.54) is 0 Å². The number of hydrogen-bond acceptors (Lipinski definition) is 10. The van der Waals surface area contributed by atoms with Gasteiger partial charge in [0, 0.05) is 34.9 Å². The first-order valence-electron chi connectivity index (χ1n) is 10.3. The predicted molar refractivity (Wildman–Crippen MR) is 131 cm³/mol. The van der Waals surface area contributed by atoms with Gasteiger partial charge in [-0.1, -0.05) is 22.0 Å². The Morgan fingerprint density at radius 3 is 2.61 bits per heavy atom. The van der Waals surface area contributed by atoms with Crippen LogP contribution >= 0.6 is 15.9 Å². The molecule has 2 heterocycles. The van der Waals surface area contributed by atoms with Crippen LogP contribution in [0.3, 0.4) is 0 Å². The molecule has 1 aliphatic heterocycles. The van der Waals surface area contributed by atoms with Crippen molar-refractivity contribution >= 4 is 45.7 Å². The van der Waals surface area contributed by atoms with E-state index in [4.69, 9.17) is 14.2 Å². The maximum Gasteiger partial charge on any atom is 0.250 e. The number of methoxy groups -OCH3 is 2. The molecule has 11 heteroatoms. The first-order valence-corrected chi connectivity index (χ1v) is 11.1. The Balaban J connectivity index is 1.57. The van der Waals surface area contributed by atoms with Crippen LogP contribution in [0.15, 0.2) is 52.0 Å². The monoisotopic (exact) mass is 513 g/mol. The number of rotatable bonds is 8. The van der Waals surface area contributed by atoms with Crippen LogP contribution in [-0.2, 0) is 4.74 Å². The standard InChI is InChI=1S/C22H24BrN7O3/c1-31-18-7-6-15(19(13-18)32-2)14-24-29-21-26-20(25-17-5-3-4-16(23)12-17)27-22(28-21)30-8-10-33-11-9-30/h3-7,12-14H,8-11H2,1-2H3,(H2,25,26,27,28,29). The second-order valence-electron chi connectivity index (χ2n) is 7.00. The largest absolute Gasteiger partial charge is 0.497 e. The van der Waals surface area contributed by atoms with Gasteiger partial charge in [0.1, 0.15) is 11.5 Å². The molecular formula is C22H24BrN7O3. The zero-order chi connectivity index (χ0) is 23.0. The van der Waals surface area contributed by atoms with Crippen molar-refractivity contribution in [3.63, 3.8) is 0 Å². The van der Waals surface area contributed by atoms with E-state index in [-0.39, 0.29) is 0 Å². The molecule has 0 aliphatic carbocycles. The van der Waals surface area contributed by atoms with Gasteiger partial charge in [0.15, 0.2) is 0 Å². The number of hydrazone groups is 1. The topological polar surface area (TPSA) is 106 Å². The fourth-order valence-electron chi connectivity index (χ4n) is 3.16. The van der Waals surface area contributed by atoms with Crippen molar-refractivity contribution in [3.05, 3.63) is 52.5 Å². The van der Waals surface area contributed by atoms with Gasteiger partial charge in [-0.05, 0) is 30.3 Å². The van der Waals surface area contributed by atoms with Crippen LogP contribution in [0.1, 0.15) is 5.56 Å². The highest BCUT2D eigenvalue weighted by Crippen LogP contribution is 2.24. The lowest BCUT2D eigenvalue weighted by molar-refractivity contribution is 0.122. The summed E-state index contributed by atoms with van der Waals surface area (Å²) in [7, 11) is 3.21. The van der Waals surface area contributed by atoms with Crippen LogP contribution in [0, 0.1) is 0 Å². The lowest BCUT2D eigenvalue weighted by atomic mass is 10.2. The fraction of sp³-hybridized carbons (Fsp3) is 0.273. The number of morpholine rings is 1. The van der Waals surface area contributed by atoms with E-state index in [1.807, 2.05) is 36.4 Å². The molecule has 0 unspecified atom stereocenters. The first kappa shape index (κ1) is 22.7. The van der Waals surface area contributed by atoms with Crippen LogP contribution < -0.4 is 25.1 Å². The Kier molecular flexibility index (Phi) is 7.53. The van der Waals surface area contributed by atoms with Crippen LogP contribution in [0.4, 0.5) is 23.5 Å². The van der Waals surface area contributed by atoms with Gasteiger partial charge in [-0.2, -0.15) is 20.1 Å². The zero-order valence-electron chi connectivity index (χ0n) is 18.3. The summed E-state index contributed by atoms with van der Waals surface area (Å²) < 4.78 is 17.0. The maximum absolute atomic E-state index is 5.45. The summed E-state index contributed by atoms with van der Waals surface area (Å²) in [5.74, 6) is 2.61. The van der Waals surface area contributed by atoms with Crippen molar-refractivity contribution in [1.29, 1.82) is 0 Å². The summed E-state index contributed by atoms with van der Waals surface area (Å²) >= 11 is 3.48. The third-order valence-corrected chi connectivity index (χ3v) is 5.30. The van der Waals surface area contributed by atoms with Gasteiger partial charge >= 0.3 is 0 Å². The van der Waals surface area contributed by atoms with Gasteiger partial charge in [-0.3, -0.25) is 0 Å². The molecule has 0 radical (unpaired) electrons. The molecule has 1 fully saturated rings. The van der Waals surface area contributed by atoms with Gasteiger partial charge < -0.3 is 24.4 Å². The smallest absolute Gasteiger partial charge is 0.250 e. The Labute approximate surface area is 200 Å². The zero-order valence-corrected chi connectivity index (χ0v) is 19.9. The Morgan fingerprint density at radius 1 is 1.03 bits per heavy atom. The van der Waals surface area contributed by atoms with E-state index in [2.05, 4.69) is 51.6 Å². The van der Waals surface area contributed by atoms with E-state index in [0.29, 0.717) is 55.6 Å². The second-order valence-corrected chi connectivity index (χ2v) is 7.91. The minimum Gasteiger partial charge on any atom is -0.497 e. The fourth-order valence-corrected chi connectivity index (χ4v) is 3.55. The summed E-state index contributed by atoms with van der Waals surface area (Å²) in [5.41, 5.74) is 4.53. The van der Waals surface area contributed by atoms with E-state index >= 15 is 0 Å². The molecule has 33 heavy (non-hydrogen) atoms. The molecule has 2 aromatic carbocycles. The molecular weight excluding hydrogens is 490 g/mol. The third-order valence-electron chi connectivity index (χ3n) is 4.81. The molecule has 1 aliphatic rings. The molecule has 172 valence electrons. The minimum atomic E-state index is 0.313. The highest BCUT2D eigenvalue weighted by molar-refractivity contribution is 9.10. The number of nitrogens with one attached hydrogen (secondary N) is 2. The highest BCUT2D eigenvalue weighted by atomic mass is 79.9. The van der Waals surface area contributed by atoms with Gasteiger partial charge in [-0.25, -0.2) is 5.43 Å². The van der Waals surface area contributed by atoms with Crippen LogP contribution in [-0.4, -0.2) is 61.7 Å². The number of benzene rings is 2. The molecule has 1 saturated heterocycles. The number of hydrogen-bond donors (Lipinski definition) is 2. The second kappa shape index (κ2) is 10.9. The van der Waals surface area contributed by atoms with E-state index in [1.54, 1.807) is 26.5 Å². The average Bonchev–Trinajstić information content (AvgIpc) is 2.84. The summed E-state index contributed by atoms with van der Waals surface area (Å²) in [6.07, 6.45) is 1.64. The van der Waals surface area contributed by atoms with Crippen LogP contribution in [0.5, 0.6) is 11.5 Å². The number of nitrogens with zero attached hydrogens (tertiary/aromatic N) is 5. The van der Waals surface area contributed by atoms with E-state index in [0.717, 1.165) is 15.7 Å². The molecule has 10 nitrogen and oxygen atoms in total.